The lowest BCUT2D eigenvalue weighted by atomic mass is 10.4. The van der Waals surface area contributed by atoms with Gasteiger partial charge in [-0.25, -0.2) is 0 Å². The molecule has 0 atom stereocenters. The summed E-state index contributed by atoms with van der Waals surface area (Å²) in [7, 11) is 0. The van der Waals surface area contributed by atoms with Crippen LogP contribution >= 0.6 is 31.9 Å². The fraction of sp³-hybridized carbons (Fsp3) is 0.750. The van der Waals surface area contributed by atoms with E-state index in [0.717, 1.165) is 23.5 Å². The van der Waals surface area contributed by atoms with Crippen molar-refractivity contribution in [2.45, 2.75) is 25.7 Å². The molecule has 0 unspecified atom stereocenters. The van der Waals surface area contributed by atoms with Gasteiger partial charge in [-0.05, 0) is 12.8 Å². The molecule has 0 rings (SSSR count). The summed E-state index contributed by atoms with van der Waals surface area (Å²) in [5, 5.41) is 17.7. The van der Waals surface area contributed by atoms with Crippen LogP contribution in [0.15, 0.2) is 0 Å². The predicted molar refractivity (Wildman–Crippen MR) is 57.3 cm³/mol. The Kier molecular flexibility index (Phi) is 20.7. The van der Waals surface area contributed by atoms with Crippen LogP contribution in [0.5, 0.6) is 0 Å². The molecule has 0 N–H and O–H groups in total. The van der Waals surface area contributed by atoms with Crippen molar-refractivity contribution >= 4 is 31.9 Å². The average molecular weight is 296 g/mol. The summed E-state index contributed by atoms with van der Waals surface area (Å²) in [4.78, 5) is 0. The van der Waals surface area contributed by atoms with Gasteiger partial charge < -0.3 is 0 Å². The number of unbranched alkanes of at least 4 members (excludes halogenated alkanes) is 2. The molecule has 0 aromatic heterocycles. The second-order valence-corrected chi connectivity index (χ2v) is 3.49. The molecule has 0 radical (unpaired) electrons. The third-order valence-electron chi connectivity index (χ3n) is 0.844. The minimum Gasteiger partial charge on any atom is -0.198 e. The second-order valence-electron chi connectivity index (χ2n) is 1.90. The minimum atomic E-state index is 0.672. The van der Waals surface area contributed by atoms with Gasteiger partial charge in [0, 0.05) is 23.5 Å². The first kappa shape index (κ1) is 14.5. The molecule has 0 saturated heterocycles. The van der Waals surface area contributed by atoms with Crippen molar-refractivity contribution in [3.05, 3.63) is 0 Å². The van der Waals surface area contributed by atoms with Crippen molar-refractivity contribution in [1.29, 1.82) is 10.5 Å². The van der Waals surface area contributed by atoms with E-state index in [1.807, 2.05) is 12.1 Å². The Morgan fingerprint density at radius 3 is 1.25 bits per heavy atom. The summed E-state index contributed by atoms with van der Waals surface area (Å²) in [6, 6.07) is 4.08. The van der Waals surface area contributed by atoms with Crippen molar-refractivity contribution in [2.24, 2.45) is 0 Å². The lowest BCUT2D eigenvalue weighted by Crippen LogP contribution is -1.67. The van der Waals surface area contributed by atoms with Crippen LogP contribution in [0.25, 0.3) is 0 Å². The molecular weight excluding hydrogens is 284 g/mol. The van der Waals surface area contributed by atoms with E-state index in [2.05, 4.69) is 31.9 Å². The van der Waals surface area contributed by atoms with Crippen molar-refractivity contribution in [1.82, 2.24) is 0 Å². The summed E-state index contributed by atoms with van der Waals surface area (Å²) < 4.78 is 0. The summed E-state index contributed by atoms with van der Waals surface area (Å²) in [6.45, 7) is 0. The SMILES string of the molecule is N#CCCCBr.N#CCCCBr. The van der Waals surface area contributed by atoms with Crippen LogP contribution in [-0.4, -0.2) is 10.7 Å². The third kappa shape index (κ3) is 22.5. The van der Waals surface area contributed by atoms with E-state index in [9.17, 15) is 0 Å². The van der Waals surface area contributed by atoms with E-state index in [1.165, 1.54) is 0 Å². The molecule has 12 heavy (non-hydrogen) atoms. The van der Waals surface area contributed by atoms with Gasteiger partial charge >= 0.3 is 0 Å². The monoisotopic (exact) mass is 294 g/mol. The number of nitriles is 2. The molecule has 0 bridgehead atoms. The fourth-order valence-corrected chi connectivity index (χ4v) is 0.852. The van der Waals surface area contributed by atoms with Crippen molar-refractivity contribution < 1.29 is 0 Å². The molecule has 0 saturated carbocycles. The van der Waals surface area contributed by atoms with Gasteiger partial charge in [-0.3, -0.25) is 0 Å². The van der Waals surface area contributed by atoms with Crippen LogP contribution in [0.2, 0.25) is 0 Å². The first-order valence-corrected chi connectivity index (χ1v) is 5.93. The van der Waals surface area contributed by atoms with Crippen molar-refractivity contribution in [2.75, 3.05) is 10.7 Å². The molecule has 0 aromatic rings. The number of alkyl halides is 2. The Bertz CT molecular complexity index is 128. The van der Waals surface area contributed by atoms with Crippen LogP contribution in [-0.2, 0) is 0 Å². The van der Waals surface area contributed by atoms with Gasteiger partial charge in [-0.15, -0.1) is 0 Å². The molecule has 0 amide bonds. The van der Waals surface area contributed by atoms with Gasteiger partial charge in [-0.2, -0.15) is 10.5 Å². The highest BCUT2D eigenvalue weighted by atomic mass is 79.9. The fourth-order valence-electron chi connectivity index (χ4n) is 0.292. The topological polar surface area (TPSA) is 47.6 Å². The van der Waals surface area contributed by atoms with E-state index >= 15 is 0 Å². The zero-order valence-electron chi connectivity index (χ0n) is 6.89. The zero-order valence-corrected chi connectivity index (χ0v) is 10.1. The van der Waals surface area contributed by atoms with Gasteiger partial charge in [0.2, 0.25) is 0 Å². The van der Waals surface area contributed by atoms with Crippen LogP contribution in [0, 0.1) is 22.7 Å². The van der Waals surface area contributed by atoms with E-state index in [1.54, 1.807) is 0 Å². The van der Waals surface area contributed by atoms with Gasteiger partial charge in [0.05, 0.1) is 12.1 Å². The minimum absolute atomic E-state index is 0.672. The number of halogens is 2. The second kappa shape index (κ2) is 17.1. The van der Waals surface area contributed by atoms with Crippen LogP contribution in [0.4, 0.5) is 0 Å². The maximum atomic E-state index is 7.93. The normalized spacial score (nSPS) is 7.33. The molecule has 68 valence electrons. The number of hydrogen-bond donors (Lipinski definition) is 0. The number of rotatable bonds is 4. The predicted octanol–water partition coefficient (Wildman–Crippen LogP) is 3.37. The number of nitrogens with zero attached hydrogens (tertiary/aromatic N) is 2. The van der Waals surface area contributed by atoms with Gasteiger partial charge in [-0.1, -0.05) is 31.9 Å². The van der Waals surface area contributed by atoms with Gasteiger partial charge in [0.15, 0.2) is 0 Å². The summed E-state index contributed by atoms with van der Waals surface area (Å²) in [5.74, 6) is 0. The van der Waals surface area contributed by atoms with E-state index in [0.29, 0.717) is 12.8 Å². The standard InChI is InChI=1S/2C4H6BrN/c2*5-3-1-2-4-6/h2*1-3H2. The van der Waals surface area contributed by atoms with Gasteiger partial charge in [0.25, 0.3) is 0 Å². The highest BCUT2D eigenvalue weighted by Crippen LogP contribution is 1.90. The molecule has 0 aliphatic rings. The smallest absolute Gasteiger partial charge is 0.0622 e. The molecule has 0 aromatic carbocycles. The Morgan fingerprint density at radius 1 is 0.833 bits per heavy atom. The van der Waals surface area contributed by atoms with E-state index in [4.69, 9.17) is 10.5 Å². The Hall–Kier alpha value is -0.0600. The van der Waals surface area contributed by atoms with E-state index < -0.39 is 0 Å². The molecule has 4 heteroatoms. The maximum absolute atomic E-state index is 7.93. The Morgan fingerprint density at radius 2 is 1.17 bits per heavy atom. The third-order valence-corrected chi connectivity index (χ3v) is 1.97. The zero-order chi connectivity index (χ0) is 9.66. The lowest BCUT2D eigenvalue weighted by molar-refractivity contribution is 0.989. The van der Waals surface area contributed by atoms with Crippen molar-refractivity contribution in [3.8, 4) is 12.1 Å². The first-order valence-electron chi connectivity index (χ1n) is 3.69. The summed E-state index contributed by atoms with van der Waals surface area (Å²) in [5.41, 5.74) is 0. The van der Waals surface area contributed by atoms with Gasteiger partial charge in [0.1, 0.15) is 0 Å². The quantitative estimate of drug-likeness (QED) is 0.590. The van der Waals surface area contributed by atoms with Crippen LogP contribution in [0.1, 0.15) is 25.7 Å². The molecule has 0 spiro atoms. The molecule has 0 fully saturated rings. The highest BCUT2D eigenvalue weighted by Gasteiger charge is 1.76. The Labute approximate surface area is 90.8 Å². The summed E-state index contributed by atoms with van der Waals surface area (Å²) >= 11 is 6.40. The molecule has 0 heterocycles. The Balaban J connectivity index is 0. The molecular formula is C8H12Br2N2. The number of hydrogen-bond acceptors (Lipinski definition) is 2. The lowest BCUT2D eigenvalue weighted by Gasteiger charge is -1.75. The maximum Gasteiger partial charge on any atom is 0.0622 e. The largest absolute Gasteiger partial charge is 0.198 e. The van der Waals surface area contributed by atoms with E-state index in [-0.39, 0.29) is 0 Å². The molecule has 0 aliphatic carbocycles. The molecule has 0 aliphatic heterocycles. The average Bonchev–Trinajstić information content (AvgIpc) is 2.12. The first-order chi connectivity index (χ1) is 5.83. The highest BCUT2D eigenvalue weighted by molar-refractivity contribution is 9.09. The summed E-state index contributed by atoms with van der Waals surface area (Å²) in [6.07, 6.45) is 3.28. The van der Waals surface area contributed by atoms with Crippen LogP contribution < -0.4 is 0 Å². The van der Waals surface area contributed by atoms with Crippen LogP contribution in [0.3, 0.4) is 0 Å². The van der Waals surface area contributed by atoms with Crippen molar-refractivity contribution in [3.63, 3.8) is 0 Å². The molecule has 2 nitrogen and oxygen atoms in total.